The van der Waals surface area contributed by atoms with Crippen LogP contribution in [0.1, 0.15) is 63.6 Å². The Balaban J connectivity index is 1.24. The molecule has 4 fully saturated rings. The number of hydrogen-bond acceptors (Lipinski definition) is 8. The van der Waals surface area contributed by atoms with Crippen molar-refractivity contribution in [3.05, 3.63) is 18.1 Å². The lowest BCUT2D eigenvalue weighted by molar-refractivity contribution is -0.0623. The molecule has 8 nitrogen and oxygen atoms in total. The minimum Gasteiger partial charge on any atom is -0.382 e. The summed E-state index contributed by atoms with van der Waals surface area (Å²) in [5, 5.41) is 0. The molecule has 4 aliphatic rings. The van der Waals surface area contributed by atoms with Crippen molar-refractivity contribution in [3.8, 4) is 0 Å². The fourth-order valence-electron chi connectivity index (χ4n) is 6.03. The van der Waals surface area contributed by atoms with Gasteiger partial charge in [0.05, 0.1) is 36.2 Å². The molecule has 0 bridgehead atoms. The van der Waals surface area contributed by atoms with Crippen molar-refractivity contribution in [1.29, 1.82) is 0 Å². The smallest absolute Gasteiger partial charge is 0.132 e. The van der Waals surface area contributed by atoms with Gasteiger partial charge in [0.2, 0.25) is 0 Å². The second-order valence-electron chi connectivity index (χ2n) is 9.80. The van der Waals surface area contributed by atoms with Crippen LogP contribution >= 0.6 is 0 Å². The van der Waals surface area contributed by atoms with E-state index < -0.39 is 0 Å². The Labute approximate surface area is 185 Å². The standard InChI is InChI=1S/C23H37N5O3/c1-16(14-29-2)31-17-4-5-19-18(12-17)22(27-26-19)20-13-21(25-15-24-20)28-9-7-23(8-10-28)6-3-11-30-23/h13,15-19,22,26-27H,3-12,14H2,1-2H3/t16-,17?,18?,19?,22?/m0/s1. The molecule has 0 amide bonds. The average molecular weight is 432 g/mol. The van der Waals surface area contributed by atoms with Gasteiger partial charge < -0.3 is 19.1 Å². The zero-order valence-electron chi connectivity index (χ0n) is 18.9. The van der Waals surface area contributed by atoms with Crippen LogP contribution in [0.15, 0.2) is 12.4 Å². The van der Waals surface area contributed by atoms with Crippen LogP contribution in [0.4, 0.5) is 5.82 Å². The quantitative estimate of drug-likeness (QED) is 0.711. The van der Waals surface area contributed by atoms with Gasteiger partial charge in [0.15, 0.2) is 0 Å². The van der Waals surface area contributed by atoms with E-state index in [-0.39, 0.29) is 23.9 Å². The Morgan fingerprint density at radius 2 is 2.10 bits per heavy atom. The largest absolute Gasteiger partial charge is 0.382 e. The molecule has 172 valence electrons. The number of nitrogens with zero attached hydrogens (tertiary/aromatic N) is 3. The Bertz CT molecular complexity index is 734. The molecule has 31 heavy (non-hydrogen) atoms. The summed E-state index contributed by atoms with van der Waals surface area (Å²) in [6.07, 6.45) is 9.98. The predicted molar refractivity (Wildman–Crippen MR) is 118 cm³/mol. The third-order valence-electron chi connectivity index (χ3n) is 7.71. The molecule has 3 aliphatic heterocycles. The minimum absolute atomic E-state index is 0.129. The van der Waals surface area contributed by atoms with Crippen molar-refractivity contribution >= 4 is 5.82 Å². The lowest BCUT2D eigenvalue weighted by Crippen LogP contribution is -2.44. The van der Waals surface area contributed by atoms with Gasteiger partial charge in [-0.25, -0.2) is 15.4 Å². The number of ether oxygens (including phenoxy) is 3. The van der Waals surface area contributed by atoms with Gasteiger partial charge in [0, 0.05) is 44.8 Å². The molecule has 8 heteroatoms. The van der Waals surface area contributed by atoms with Crippen LogP contribution in [0.5, 0.6) is 0 Å². The summed E-state index contributed by atoms with van der Waals surface area (Å²) in [7, 11) is 1.73. The summed E-state index contributed by atoms with van der Waals surface area (Å²) in [4.78, 5) is 11.7. The van der Waals surface area contributed by atoms with Gasteiger partial charge in [-0.1, -0.05) is 0 Å². The number of hydrogen-bond donors (Lipinski definition) is 2. The summed E-state index contributed by atoms with van der Waals surface area (Å²) in [5.41, 5.74) is 8.25. The van der Waals surface area contributed by atoms with Crippen LogP contribution < -0.4 is 15.8 Å². The van der Waals surface area contributed by atoms with Crippen LogP contribution in [-0.2, 0) is 14.2 Å². The second kappa shape index (κ2) is 9.27. The molecule has 4 unspecified atom stereocenters. The van der Waals surface area contributed by atoms with Gasteiger partial charge in [-0.2, -0.15) is 0 Å². The summed E-state index contributed by atoms with van der Waals surface area (Å²) in [6.45, 7) is 5.67. The topological polar surface area (TPSA) is 80.8 Å². The number of fused-ring (bicyclic) bond motifs is 1. The zero-order valence-corrected chi connectivity index (χ0v) is 18.9. The highest BCUT2D eigenvalue weighted by Gasteiger charge is 2.43. The van der Waals surface area contributed by atoms with Gasteiger partial charge in [0.25, 0.3) is 0 Å². The average Bonchev–Trinajstić information content (AvgIpc) is 3.41. The molecule has 1 aromatic rings. The molecule has 1 saturated carbocycles. The van der Waals surface area contributed by atoms with E-state index in [2.05, 4.69) is 38.7 Å². The maximum atomic E-state index is 6.26. The highest BCUT2D eigenvalue weighted by Crippen LogP contribution is 2.40. The van der Waals surface area contributed by atoms with E-state index in [4.69, 9.17) is 14.2 Å². The molecule has 5 atom stereocenters. The van der Waals surface area contributed by atoms with Crippen molar-refractivity contribution < 1.29 is 14.2 Å². The van der Waals surface area contributed by atoms with Crippen molar-refractivity contribution in [2.24, 2.45) is 5.92 Å². The first-order valence-electron chi connectivity index (χ1n) is 12.0. The van der Waals surface area contributed by atoms with Crippen LogP contribution in [0.2, 0.25) is 0 Å². The maximum absolute atomic E-state index is 6.26. The van der Waals surface area contributed by atoms with Crippen molar-refractivity contribution in [2.45, 2.75) is 81.8 Å². The van der Waals surface area contributed by atoms with Gasteiger partial charge in [-0.3, -0.25) is 5.43 Å². The number of hydrazine groups is 1. The summed E-state index contributed by atoms with van der Waals surface area (Å²) in [6, 6.07) is 2.84. The van der Waals surface area contributed by atoms with Crippen molar-refractivity contribution in [3.63, 3.8) is 0 Å². The van der Waals surface area contributed by atoms with E-state index in [0.717, 1.165) is 63.3 Å². The first-order chi connectivity index (χ1) is 15.2. The lowest BCUT2D eigenvalue weighted by atomic mass is 9.79. The normalized spacial score (nSPS) is 33.5. The third kappa shape index (κ3) is 4.59. The number of aromatic nitrogens is 2. The highest BCUT2D eigenvalue weighted by atomic mass is 16.5. The molecule has 4 heterocycles. The molecule has 0 aromatic carbocycles. The van der Waals surface area contributed by atoms with Crippen LogP contribution in [0, 0.1) is 5.92 Å². The van der Waals surface area contributed by atoms with Gasteiger partial charge in [-0.15, -0.1) is 0 Å². The molecule has 5 rings (SSSR count). The van der Waals surface area contributed by atoms with Gasteiger partial charge >= 0.3 is 0 Å². The monoisotopic (exact) mass is 431 g/mol. The van der Waals surface area contributed by atoms with E-state index in [0.29, 0.717) is 18.6 Å². The van der Waals surface area contributed by atoms with E-state index >= 15 is 0 Å². The SMILES string of the molecule is COC[C@H](C)OC1CCC2NNC(c3cc(N4CCC5(CCCO5)CC4)ncn3)C2C1. The Morgan fingerprint density at radius 1 is 1.23 bits per heavy atom. The summed E-state index contributed by atoms with van der Waals surface area (Å²) in [5.74, 6) is 1.51. The zero-order chi connectivity index (χ0) is 21.3. The molecule has 1 aromatic heterocycles. The van der Waals surface area contributed by atoms with Gasteiger partial charge in [0.1, 0.15) is 12.1 Å². The van der Waals surface area contributed by atoms with Crippen LogP contribution in [0.25, 0.3) is 0 Å². The molecular weight excluding hydrogens is 394 g/mol. The summed E-state index contributed by atoms with van der Waals surface area (Å²) >= 11 is 0. The van der Waals surface area contributed by atoms with E-state index in [1.807, 2.05) is 0 Å². The predicted octanol–water partition coefficient (Wildman–Crippen LogP) is 2.36. The lowest BCUT2D eigenvalue weighted by Gasteiger charge is -2.39. The number of piperidine rings is 1. The van der Waals surface area contributed by atoms with Crippen molar-refractivity contribution in [2.75, 3.05) is 38.3 Å². The number of rotatable bonds is 6. The molecule has 2 N–H and O–H groups in total. The second-order valence-corrected chi connectivity index (χ2v) is 9.80. The molecule has 0 radical (unpaired) electrons. The van der Waals surface area contributed by atoms with Crippen LogP contribution in [-0.4, -0.2) is 67.2 Å². The fraction of sp³-hybridized carbons (Fsp3) is 0.826. The van der Waals surface area contributed by atoms with Crippen LogP contribution in [0.3, 0.4) is 0 Å². The Morgan fingerprint density at radius 3 is 2.87 bits per heavy atom. The number of methoxy groups -OCH3 is 1. The Kier molecular flexibility index (Phi) is 6.44. The Hall–Kier alpha value is -1.32. The van der Waals surface area contributed by atoms with E-state index in [1.54, 1.807) is 13.4 Å². The van der Waals surface area contributed by atoms with Gasteiger partial charge in [-0.05, 0) is 51.9 Å². The third-order valence-corrected chi connectivity index (χ3v) is 7.71. The maximum Gasteiger partial charge on any atom is 0.132 e. The molecule has 1 spiro atoms. The summed E-state index contributed by atoms with van der Waals surface area (Å²) < 4.78 is 17.6. The highest BCUT2D eigenvalue weighted by molar-refractivity contribution is 5.41. The first-order valence-corrected chi connectivity index (χ1v) is 12.0. The first kappa shape index (κ1) is 21.5. The molecule has 1 aliphatic carbocycles. The van der Waals surface area contributed by atoms with E-state index in [9.17, 15) is 0 Å². The fourth-order valence-corrected chi connectivity index (χ4v) is 6.03. The molecular formula is C23H37N5O3. The minimum atomic E-state index is 0.129. The molecule has 3 saturated heterocycles. The van der Waals surface area contributed by atoms with Crippen molar-refractivity contribution in [1.82, 2.24) is 20.8 Å². The number of anilines is 1. The number of nitrogens with one attached hydrogen (secondary N) is 2. The van der Waals surface area contributed by atoms with E-state index in [1.165, 1.54) is 12.8 Å².